The molecule has 0 saturated carbocycles. The Morgan fingerprint density at radius 3 is 2.14 bits per heavy atom. The minimum Gasteiger partial charge on any atom is -0.414 e. The summed E-state index contributed by atoms with van der Waals surface area (Å²) >= 11 is 0. The van der Waals surface area contributed by atoms with Crippen LogP contribution in [0.3, 0.4) is 0 Å². The highest BCUT2D eigenvalue weighted by atomic mass is 32.2. The quantitative estimate of drug-likeness (QED) is 0.320. The second-order valence-corrected chi connectivity index (χ2v) is 24.0. The number of nitrogens with one attached hydrogen (secondary N) is 1. The fourth-order valence-electron chi connectivity index (χ4n) is 3.93. The van der Waals surface area contributed by atoms with E-state index in [0.717, 1.165) is 5.41 Å². The van der Waals surface area contributed by atoms with E-state index in [-0.39, 0.29) is 22.4 Å². The third-order valence-electron chi connectivity index (χ3n) is 8.32. The molecule has 0 radical (unpaired) electrons. The predicted molar refractivity (Wildman–Crippen MR) is 146 cm³/mol. The van der Waals surface area contributed by atoms with Gasteiger partial charge in [0, 0.05) is 6.20 Å². The van der Waals surface area contributed by atoms with Gasteiger partial charge in [-0.15, -0.1) is 0 Å². The number of carbonyl (C=O) groups is 1. The molecule has 14 heteroatoms. The average molecular weight is 577 g/mol. The zero-order valence-corrected chi connectivity index (χ0v) is 26.4. The molecule has 3 heterocycles. The Kier molecular flexibility index (Phi) is 7.72. The molecule has 5 atom stereocenters. The van der Waals surface area contributed by atoms with Gasteiger partial charge in [0.15, 0.2) is 28.5 Å². The minimum atomic E-state index is -4.14. The van der Waals surface area contributed by atoms with Crippen LogP contribution in [0.4, 0.5) is 4.79 Å². The van der Waals surface area contributed by atoms with Crippen molar-refractivity contribution < 1.29 is 31.0 Å². The smallest absolute Gasteiger partial charge is 0.325 e. The molecule has 212 valence electrons. The molecule has 0 aromatic carbocycles. The monoisotopic (exact) mass is 576 g/mol. The predicted octanol–water partition coefficient (Wildman–Crippen LogP) is 2.85. The van der Waals surface area contributed by atoms with Crippen molar-refractivity contribution in [3.05, 3.63) is 23.4 Å². The van der Waals surface area contributed by atoms with Gasteiger partial charge in [0.25, 0.3) is 10.1 Å². The summed E-state index contributed by atoms with van der Waals surface area (Å²) in [5, 5.41) is 3.20. The second-order valence-electron chi connectivity index (χ2n) is 13.1. The van der Waals surface area contributed by atoms with Crippen LogP contribution >= 0.6 is 0 Å². The lowest BCUT2D eigenvalue weighted by atomic mass is 9.89. The number of amides is 2. The number of urea groups is 1. The van der Waals surface area contributed by atoms with Crippen LogP contribution in [0.2, 0.25) is 36.3 Å². The lowest BCUT2D eigenvalue weighted by Gasteiger charge is -2.44. The normalized spacial score (nSPS) is 32.7. The van der Waals surface area contributed by atoms with Crippen LogP contribution in [0, 0.1) is 0 Å². The van der Waals surface area contributed by atoms with Crippen molar-refractivity contribution in [2.75, 3.05) is 6.61 Å². The van der Waals surface area contributed by atoms with E-state index in [4.69, 9.17) is 29.2 Å². The molecular weight excluding hydrogens is 533 g/mol. The SMILES string of the molecule is CC(C)(C)[Si](C)(C)OC[C@H]1O[C@@H](N2C=CC(N)NC2=O)[C@H](O[Si](C)(C)C(C)(C)C)C12OS(=O)(=O)C=C2N. The highest BCUT2D eigenvalue weighted by Gasteiger charge is 2.68. The van der Waals surface area contributed by atoms with Gasteiger partial charge in [0.2, 0.25) is 0 Å². The Bertz CT molecular complexity index is 1080. The molecule has 0 aliphatic carbocycles. The summed E-state index contributed by atoms with van der Waals surface area (Å²) in [6.45, 7) is 20.7. The van der Waals surface area contributed by atoms with E-state index < -0.39 is 63.0 Å². The van der Waals surface area contributed by atoms with Crippen molar-refractivity contribution in [3.63, 3.8) is 0 Å². The van der Waals surface area contributed by atoms with Crippen molar-refractivity contribution in [2.45, 2.75) is 108 Å². The van der Waals surface area contributed by atoms with E-state index >= 15 is 0 Å². The molecule has 3 aliphatic heterocycles. The van der Waals surface area contributed by atoms with Gasteiger partial charge >= 0.3 is 6.03 Å². The topological polar surface area (TPSA) is 155 Å². The fourth-order valence-corrected chi connectivity index (χ4v) is 7.44. The molecule has 0 bridgehead atoms. The van der Waals surface area contributed by atoms with E-state index in [2.05, 4.69) is 60.0 Å². The van der Waals surface area contributed by atoms with Crippen LogP contribution in [0.25, 0.3) is 0 Å². The van der Waals surface area contributed by atoms with Crippen LogP contribution in [-0.2, 0) is 27.9 Å². The standard InChI is InChI=1S/C23H44N4O7SSi2/c1-21(2,3)36(7,8)31-13-16-23(15(24)14-35(29,30)34-23)18(33-37(9,10)22(4,5)6)19(32-16)27-12-11-17(25)26-20(27)28/h11-12,14,16-19H,13,24-25H2,1-10H3,(H,26,28)/t16-,17?,18+,19-,23?/m1/s1. The van der Waals surface area contributed by atoms with Crippen molar-refractivity contribution >= 4 is 32.8 Å². The largest absolute Gasteiger partial charge is 0.414 e. The minimum absolute atomic E-state index is 0.00705. The van der Waals surface area contributed by atoms with Gasteiger partial charge in [-0.05, 0) is 42.3 Å². The van der Waals surface area contributed by atoms with Crippen LogP contribution in [0.5, 0.6) is 0 Å². The Morgan fingerprint density at radius 1 is 1.11 bits per heavy atom. The van der Waals surface area contributed by atoms with E-state index in [1.165, 1.54) is 11.1 Å². The molecule has 11 nitrogen and oxygen atoms in total. The van der Waals surface area contributed by atoms with Crippen molar-refractivity contribution in [1.29, 1.82) is 0 Å². The van der Waals surface area contributed by atoms with Crippen molar-refractivity contribution in [1.82, 2.24) is 10.2 Å². The summed E-state index contributed by atoms with van der Waals surface area (Å²) < 4.78 is 51.0. The lowest BCUT2D eigenvalue weighted by molar-refractivity contribution is -0.0650. The maximum absolute atomic E-state index is 13.0. The number of ether oxygens (including phenoxy) is 1. The summed E-state index contributed by atoms with van der Waals surface area (Å²) in [5.41, 5.74) is 10.5. The molecule has 1 spiro atoms. The molecule has 5 N–H and O–H groups in total. The Balaban J connectivity index is 2.14. The summed E-state index contributed by atoms with van der Waals surface area (Å²) in [5.74, 6) is 0. The summed E-state index contributed by atoms with van der Waals surface area (Å²) in [7, 11) is -8.99. The second kappa shape index (κ2) is 9.43. The molecule has 0 aromatic heterocycles. The third-order valence-corrected chi connectivity index (χ3v) is 18.3. The van der Waals surface area contributed by atoms with Gasteiger partial charge in [-0.3, -0.25) is 4.90 Å². The Labute approximate surface area is 223 Å². The zero-order valence-electron chi connectivity index (χ0n) is 23.6. The van der Waals surface area contributed by atoms with Crippen LogP contribution in [0.1, 0.15) is 41.5 Å². The van der Waals surface area contributed by atoms with Crippen LogP contribution in [0.15, 0.2) is 23.4 Å². The maximum Gasteiger partial charge on any atom is 0.325 e. The number of nitrogens with zero attached hydrogens (tertiary/aromatic N) is 1. The fraction of sp³-hybridized carbons (Fsp3) is 0.783. The first kappa shape index (κ1) is 30.3. The third kappa shape index (κ3) is 5.57. The van der Waals surface area contributed by atoms with E-state index in [1.54, 1.807) is 6.08 Å². The molecule has 2 unspecified atom stereocenters. The zero-order chi connectivity index (χ0) is 28.4. The number of carbonyl (C=O) groups excluding carboxylic acids is 1. The van der Waals surface area contributed by atoms with E-state index in [0.29, 0.717) is 0 Å². The van der Waals surface area contributed by atoms with Gasteiger partial charge in [0.05, 0.1) is 23.9 Å². The molecular formula is C23H44N4O7SSi2. The summed E-state index contributed by atoms with van der Waals surface area (Å²) in [4.78, 5) is 14.3. The first-order valence-corrected chi connectivity index (χ1v) is 19.8. The molecule has 0 aromatic rings. The molecule has 3 rings (SSSR count). The first-order chi connectivity index (χ1) is 16.5. The van der Waals surface area contributed by atoms with E-state index in [9.17, 15) is 13.2 Å². The highest BCUT2D eigenvalue weighted by Crippen LogP contribution is 2.50. The Hall–Kier alpha value is -1.27. The average Bonchev–Trinajstić information content (AvgIpc) is 3.11. The number of nitrogens with two attached hydrogens (primary N) is 2. The molecule has 2 amide bonds. The summed E-state index contributed by atoms with van der Waals surface area (Å²) in [6.07, 6.45) is -0.613. The number of hydrogen-bond donors (Lipinski definition) is 3. The summed E-state index contributed by atoms with van der Waals surface area (Å²) in [6, 6.07) is -0.506. The van der Waals surface area contributed by atoms with Crippen molar-refractivity contribution in [2.24, 2.45) is 11.5 Å². The van der Waals surface area contributed by atoms with Gasteiger partial charge in [-0.1, -0.05) is 41.5 Å². The van der Waals surface area contributed by atoms with Gasteiger partial charge in [-0.25, -0.2) is 8.98 Å². The first-order valence-electron chi connectivity index (χ1n) is 12.5. The lowest BCUT2D eigenvalue weighted by Crippen LogP contribution is -2.62. The number of rotatable bonds is 6. The molecule has 1 saturated heterocycles. The van der Waals surface area contributed by atoms with Crippen molar-refractivity contribution in [3.8, 4) is 0 Å². The van der Waals surface area contributed by atoms with Gasteiger partial charge in [0.1, 0.15) is 12.2 Å². The Morgan fingerprint density at radius 2 is 1.68 bits per heavy atom. The maximum atomic E-state index is 13.0. The molecule has 37 heavy (non-hydrogen) atoms. The van der Waals surface area contributed by atoms with Gasteiger partial charge < -0.3 is 30.4 Å². The van der Waals surface area contributed by atoms with Crippen LogP contribution < -0.4 is 16.8 Å². The molecule has 3 aliphatic rings. The highest BCUT2D eigenvalue weighted by molar-refractivity contribution is 7.90. The molecule has 1 fully saturated rings. The number of hydrogen-bond acceptors (Lipinski definition) is 9. The van der Waals surface area contributed by atoms with E-state index in [1.807, 2.05) is 13.1 Å². The van der Waals surface area contributed by atoms with Gasteiger partial charge in [-0.2, -0.15) is 8.42 Å². The van der Waals surface area contributed by atoms with Crippen LogP contribution in [-0.4, -0.2) is 72.8 Å².